The highest BCUT2D eigenvalue weighted by molar-refractivity contribution is 7.71. The van der Waals surface area contributed by atoms with E-state index < -0.39 is 16.3 Å². The zero-order valence-electron chi connectivity index (χ0n) is 8.99. The average Bonchev–Trinajstić information content (AvgIpc) is 2.34. The molecule has 0 atom stereocenters. The summed E-state index contributed by atoms with van der Waals surface area (Å²) in [6.07, 6.45) is 2.63. The molecule has 1 aromatic rings. The smallest absolute Gasteiger partial charge is 0.336 e. The Kier molecular flexibility index (Phi) is 4.96. The van der Waals surface area contributed by atoms with Gasteiger partial charge in [-0.3, -0.25) is 0 Å². The molecule has 0 saturated carbocycles. The minimum absolute atomic E-state index is 0.431. The number of carbonyl (C=O) groups excluding carboxylic acids is 1. The lowest BCUT2D eigenvalue weighted by atomic mass is 10.2. The number of methoxy groups -OCH3 is 1. The van der Waals surface area contributed by atoms with Crippen LogP contribution in [0.5, 0.6) is 5.75 Å². The minimum atomic E-state index is -2.51. The molecule has 0 spiro atoms. The Bertz CT molecular complexity index is 532. The van der Waals surface area contributed by atoms with Gasteiger partial charge in [-0.05, 0) is 23.8 Å². The van der Waals surface area contributed by atoms with E-state index in [-0.39, 0.29) is 0 Å². The van der Waals surface area contributed by atoms with Crippen LogP contribution in [-0.4, -0.2) is 27.1 Å². The highest BCUT2D eigenvalue weighted by Crippen LogP contribution is 2.12. The van der Waals surface area contributed by atoms with Gasteiger partial charge in [0.2, 0.25) is 15.8 Å². The van der Waals surface area contributed by atoms with Crippen molar-refractivity contribution in [1.29, 1.82) is 0 Å². The molecular formula is C11H10O5S. The van der Waals surface area contributed by atoms with Gasteiger partial charge in [0.1, 0.15) is 5.75 Å². The molecule has 0 bridgehead atoms. The maximum absolute atomic E-state index is 11.0. The van der Waals surface area contributed by atoms with Crippen LogP contribution in [0.25, 0.3) is 6.08 Å². The Labute approximate surface area is 99.8 Å². The molecule has 6 heteroatoms. The standard InChI is InChI=1S/C11H10O5S/c1-15-10-5-2-9(3-6-10)4-7-11(12)16-8-17(13)14/h2-8H,1H3/b7-4+. The molecule has 17 heavy (non-hydrogen) atoms. The van der Waals surface area contributed by atoms with Crippen molar-refractivity contribution < 1.29 is 22.7 Å². The van der Waals surface area contributed by atoms with E-state index in [0.29, 0.717) is 11.3 Å². The SMILES string of the molecule is COc1ccc(/C=C/C(=O)OC=S(=O)=O)cc1. The van der Waals surface area contributed by atoms with E-state index in [9.17, 15) is 13.2 Å². The first-order valence-corrected chi connectivity index (χ1v) is 5.70. The van der Waals surface area contributed by atoms with Crippen LogP contribution in [0.4, 0.5) is 0 Å². The van der Waals surface area contributed by atoms with Crippen LogP contribution in [0.1, 0.15) is 5.56 Å². The Morgan fingerprint density at radius 1 is 1.24 bits per heavy atom. The van der Waals surface area contributed by atoms with Crippen molar-refractivity contribution in [2.75, 3.05) is 7.11 Å². The van der Waals surface area contributed by atoms with Gasteiger partial charge in [-0.15, -0.1) is 0 Å². The van der Waals surface area contributed by atoms with E-state index in [0.717, 1.165) is 11.6 Å². The summed E-state index contributed by atoms with van der Waals surface area (Å²) in [6, 6.07) is 6.98. The molecule has 0 aliphatic heterocycles. The number of carbonyl (C=O) groups is 1. The van der Waals surface area contributed by atoms with Gasteiger partial charge in [0, 0.05) is 6.08 Å². The molecule has 0 aromatic heterocycles. The van der Waals surface area contributed by atoms with Crippen molar-refractivity contribution in [3.8, 4) is 5.75 Å². The summed E-state index contributed by atoms with van der Waals surface area (Å²) in [7, 11) is -0.950. The van der Waals surface area contributed by atoms with Gasteiger partial charge in [-0.25, -0.2) is 4.79 Å². The molecule has 1 rings (SSSR count). The number of esters is 1. The lowest BCUT2D eigenvalue weighted by molar-refractivity contribution is -0.129. The second-order valence-corrected chi connectivity index (χ2v) is 3.61. The van der Waals surface area contributed by atoms with E-state index in [2.05, 4.69) is 4.74 Å². The molecule has 0 fully saturated rings. The van der Waals surface area contributed by atoms with E-state index in [1.807, 2.05) is 0 Å². The van der Waals surface area contributed by atoms with Crippen LogP contribution in [0.3, 0.4) is 0 Å². The third-order valence-electron chi connectivity index (χ3n) is 1.77. The predicted octanol–water partition coefficient (Wildman–Crippen LogP) is 0.890. The van der Waals surface area contributed by atoms with Gasteiger partial charge in [0.05, 0.1) is 7.11 Å². The molecule has 0 amide bonds. The van der Waals surface area contributed by atoms with E-state index in [4.69, 9.17) is 4.74 Å². The predicted molar refractivity (Wildman–Crippen MR) is 63.1 cm³/mol. The molecule has 1 aromatic carbocycles. The molecule has 0 radical (unpaired) electrons. The molecule has 0 heterocycles. The highest BCUT2D eigenvalue weighted by Gasteiger charge is 1.95. The summed E-state index contributed by atoms with van der Waals surface area (Å²) < 4.78 is 29.4. The summed E-state index contributed by atoms with van der Waals surface area (Å²) in [5, 5.41) is 0. The lowest BCUT2D eigenvalue weighted by Gasteiger charge is -1.98. The first kappa shape index (κ1) is 13.0. The molecule has 5 nitrogen and oxygen atoms in total. The zero-order valence-corrected chi connectivity index (χ0v) is 9.81. The fourth-order valence-electron chi connectivity index (χ4n) is 1.01. The van der Waals surface area contributed by atoms with E-state index in [1.54, 1.807) is 31.4 Å². The van der Waals surface area contributed by atoms with Crippen LogP contribution < -0.4 is 4.74 Å². The topological polar surface area (TPSA) is 69.7 Å². The van der Waals surface area contributed by atoms with Crippen LogP contribution in [0, 0.1) is 0 Å². The van der Waals surface area contributed by atoms with Gasteiger partial charge in [0.25, 0.3) is 0 Å². The number of rotatable bonds is 4. The summed E-state index contributed by atoms with van der Waals surface area (Å²) in [4.78, 5) is 11.0. The van der Waals surface area contributed by atoms with Crippen LogP contribution in [-0.2, 0) is 19.8 Å². The van der Waals surface area contributed by atoms with Crippen molar-refractivity contribution in [3.05, 3.63) is 35.9 Å². The summed E-state index contributed by atoms with van der Waals surface area (Å²) in [6.45, 7) is 0. The minimum Gasteiger partial charge on any atom is -0.497 e. The maximum Gasteiger partial charge on any atom is 0.336 e. The van der Waals surface area contributed by atoms with Gasteiger partial charge in [-0.1, -0.05) is 12.1 Å². The van der Waals surface area contributed by atoms with Gasteiger partial charge in [0.15, 0.2) is 0 Å². The molecule has 0 aliphatic rings. The second kappa shape index (κ2) is 6.49. The first-order chi connectivity index (χ1) is 8.11. The van der Waals surface area contributed by atoms with Gasteiger partial charge < -0.3 is 9.47 Å². The Morgan fingerprint density at radius 3 is 2.41 bits per heavy atom. The number of hydrogen-bond acceptors (Lipinski definition) is 5. The highest BCUT2D eigenvalue weighted by atomic mass is 32.2. The fraction of sp³-hybridized carbons (Fsp3) is 0.0909. The Balaban J connectivity index is 2.63. The number of hydrogen-bond donors (Lipinski definition) is 0. The summed E-state index contributed by atoms with van der Waals surface area (Å²) >= 11 is 0. The van der Waals surface area contributed by atoms with Crippen LogP contribution in [0.2, 0.25) is 0 Å². The second-order valence-electron chi connectivity index (χ2n) is 2.90. The molecule has 0 aliphatic carbocycles. The van der Waals surface area contributed by atoms with Crippen LogP contribution in [0.15, 0.2) is 30.3 Å². The quantitative estimate of drug-likeness (QED) is 0.453. The largest absolute Gasteiger partial charge is 0.497 e. The Hall–Kier alpha value is -2.08. The van der Waals surface area contributed by atoms with Crippen molar-refractivity contribution in [2.24, 2.45) is 0 Å². The summed E-state index contributed by atoms with van der Waals surface area (Å²) in [5.41, 5.74) is 1.20. The third kappa shape index (κ3) is 4.98. The molecule has 90 valence electrons. The van der Waals surface area contributed by atoms with Gasteiger partial charge in [-0.2, -0.15) is 8.42 Å². The van der Waals surface area contributed by atoms with E-state index in [1.165, 1.54) is 6.08 Å². The van der Waals surface area contributed by atoms with Crippen molar-refractivity contribution in [3.63, 3.8) is 0 Å². The average molecular weight is 254 g/mol. The third-order valence-corrected chi connectivity index (χ3v) is 2.02. The molecule has 0 N–H and O–H groups in total. The Morgan fingerprint density at radius 2 is 1.88 bits per heavy atom. The number of benzene rings is 1. The fourth-order valence-corrected chi connectivity index (χ4v) is 1.18. The first-order valence-electron chi connectivity index (χ1n) is 4.56. The lowest BCUT2D eigenvalue weighted by Crippen LogP contribution is -1.98. The number of ether oxygens (including phenoxy) is 2. The summed E-state index contributed by atoms with van der Waals surface area (Å²) in [5.74, 6) is -0.0511. The maximum atomic E-state index is 11.0. The monoisotopic (exact) mass is 254 g/mol. The molecule has 0 saturated heterocycles. The zero-order chi connectivity index (χ0) is 12.7. The van der Waals surface area contributed by atoms with E-state index >= 15 is 0 Å². The van der Waals surface area contributed by atoms with Crippen LogP contribution >= 0.6 is 0 Å². The van der Waals surface area contributed by atoms with Crippen molar-refractivity contribution in [1.82, 2.24) is 0 Å². The normalized spacial score (nSPS) is 9.94. The van der Waals surface area contributed by atoms with Crippen molar-refractivity contribution >= 4 is 27.9 Å². The van der Waals surface area contributed by atoms with Crippen molar-refractivity contribution in [2.45, 2.75) is 0 Å². The molecule has 0 unspecified atom stereocenters. The van der Waals surface area contributed by atoms with Gasteiger partial charge >= 0.3 is 5.97 Å². The molecular weight excluding hydrogens is 244 g/mol.